The molecule has 0 spiro atoms. The molecule has 0 amide bonds. The number of H-pyrrole nitrogens is 1. The first kappa shape index (κ1) is 11.9. The SMILES string of the molecule is NCCc1nc2ccc(-c3ccccc3F)cc2[nH]1. The first-order valence-corrected chi connectivity index (χ1v) is 6.21. The smallest absolute Gasteiger partial charge is 0.131 e. The van der Waals surface area contributed by atoms with E-state index < -0.39 is 0 Å². The third kappa shape index (κ3) is 2.22. The summed E-state index contributed by atoms with van der Waals surface area (Å²) in [6.45, 7) is 0.556. The van der Waals surface area contributed by atoms with Gasteiger partial charge in [-0.25, -0.2) is 9.37 Å². The summed E-state index contributed by atoms with van der Waals surface area (Å²) in [5.41, 5.74) is 8.74. The largest absolute Gasteiger partial charge is 0.342 e. The fourth-order valence-electron chi connectivity index (χ4n) is 2.18. The van der Waals surface area contributed by atoms with Crippen LogP contribution in [0.25, 0.3) is 22.2 Å². The van der Waals surface area contributed by atoms with E-state index in [9.17, 15) is 4.39 Å². The molecule has 3 aromatic rings. The molecule has 0 atom stereocenters. The van der Waals surface area contributed by atoms with Crippen molar-refractivity contribution in [1.29, 1.82) is 0 Å². The van der Waals surface area contributed by atoms with Crippen LogP contribution in [-0.4, -0.2) is 16.5 Å². The number of hydrogen-bond acceptors (Lipinski definition) is 2. The predicted molar refractivity (Wildman–Crippen MR) is 74.2 cm³/mol. The van der Waals surface area contributed by atoms with E-state index in [1.165, 1.54) is 6.07 Å². The van der Waals surface area contributed by atoms with Crippen molar-refractivity contribution in [2.75, 3.05) is 6.54 Å². The number of fused-ring (bicyclic) bond motifs is 1. The van der Waals surface area contributed by atoms with E-state index in [0.29, 0.717) is 18.5 Å². The van der Waals surface area contributed by atoms with Crippen LogP contribution in [0, 0.1) is 5.82 Å². The lowest BCUT2D eigenvalue weighted by atomic mass is 10.0. The molecule has 0 bridgehead atoms. The van der Waals surface area contributed by atoms with Gasteiger partial charge in [-0.15, -0.1) is 0 Å². The molecule has 96 valence electrons. The summed E-state index contributed by atoms with van der Waals surface area (Å²) in [4.78, 5) is 7.64. The standard InChI is InChI=1S/C15H14FN3/c16-12-4-2-1-3-11(12)10-5-6-13-14(9-10)19-15(18-13)7-8-17/h1-6,9H,7-8,17H2,(H,18,19). The Balaban J connectivity index is 2.08. The third-order valence-corrected chi connectivity index (χ3v) is 3.10. The van der Waals surface area contributed by atoms with Crippen molar-refractivity contribution in [2.24, 2.45) is 5.73 Å². The van der Waals surface area contributed by atoms with Gasteiger partial charge in [-0.2, -0.15) is 0 Å². The molecular weight excluding hydrogens is 241 g/mol. The minimum absolute atomic E-state index is 0.219. The number of aromatic nitrogens is 2. The van der Waals surface area contributed by atoms with Crippen LogP contribution in [-0.2, 0) is 6.42 Å². The van der Waals surface area contributed by atoms with Gasteiger partial charge in [0.1, 0.15) is 11.6 Å². The van der Waals surface area contributed by atoms with Crippen molar-refractivity contribution < 1.29 is 4.39 Å². The number of nitrogens with one attached hydrogen (secondary N) is 1. The number of hydrogen-bond donors (Lipinski definition) is 2. The number of aromatic amines is 1. The second kappa shape index (κ2) is 4.82. The zero-order chi connectivity index (χ0) is 13.2. The molecule has 0 aliphatic rings. The summed E-state index contributed by atoms with van der Waals surface area (Å²) in [6, 6.07) is 12.4. The average molecular weight is 255 g/mol. The van der Waals surface area contributed by atoms with Gasteiger partial charge < -0.3 is 10.7 Å². The van der Waals surface area contributed by atoms with Gasteiger partial charge in [-0.1, -0.05) is 24.3 Å². The molecule has 0 aliphatic carbocycles. The first-order valence-electron chi connectivity index (χ1n) is 6.21. The Morgan fingerprint density at radius 3 is 2.79 bits per heavy atom. The fraction of sp³-hybridized carbons (Fsp3) is 0.133. The van der Waals surface area contributed by atoms with Crippen molar-refractivity contribution >= 4 is 11.0 Å². The zero-order valence-electron chi connectivity index (χ0n) is 10.4. The van der Waals surface area contributed by atoms with Gasteiger partial charge >= 0.3 is 0 Å². The number of benzene rings is 2. The molecule has 1 heterocycles. The van der Waals surface area contributed by atoms with E-state index in [1.807, 2.05) is 24.3 Å². The van der Waals surface area contributed by atoms with Crippen LogP contribution >= 0.6 is 0 Å². The Bertz CT molecular complexity index is 718. The van der Waals surface area contributed by atoms with Crippen LogP contribution in [0.3, 0.4) is 0 Å². The molecule has 0 saturated heterocycles. The normalized spacial score (nSPS) is 11.1. The molecule has 2 aromatic carbocycles. The zero-order valence-corrected chi connectivity index (χ0v) is 10.4. The highest BCUT2D eigenvalue weighted by molar-refractivity contribution is 5.82. The maximum Gasteiger partial charge on any atom is 0.131 e. The Morgan fingerprint density at radius 2 is 2.00 bits per heavy atom. The van der Waals surface area contributed by atoms with Gasteiger partial charge in [-0.3, -0.25) is 0 Å². The van der Waals surface area contributed by atoms with Gasteiger partial charge in [0.2, 0.25) is 0 Å². The van der Waals surface area contributed by atoms with Gasteiger partial charge in [-0.05, 0) is 30.3 Å². The van der Waals surface area contributed by atoms with E-state index in [4.69, 9.17) is 5.73 Å². The lowest BCUT2D eigenvalue weighted by Crippen LogP contribution is -2.03. The van der Waals surface area contributed by atoms with Crippen molar-refractivity contribution in [3.05, 3.63) is 54.1 Å². The van der Waals surface area contributed by atoms with Crippen LogP contribution in [0.15, 0.2) is 42.5 Å². The van der Waals surface area contributed by atoms with E-state index in [2.05, 4.69) is 9.97 Å². The van der Waals surface area contributed by atoms with Gasteiger partial charge in [0.25, 0.3) is 0 Å². The quantitative estimate of drug-likeness (QED) is 0.756. The molecule has 3 rings (SSSR count). The molecule has 3 N–H and O–H groups in total. The number of rotatable bonds is 3. The number of imidazole rings is 1. The Hall–Kier alpha value is -2.20. The van der Waals surface area contributed by atoms with Crippen molar-refractivity contribution in [3.8, 4) is 11.1 Å². The van der Waals surface area contributed by atoms with Gasteiger partial charge in [0.05, 0.1) is 11.0 Å². The highest BCUT2D eigenvalue weighted by Gasteiger charge is 2.07. The Kier molecular flexibility index (Phi) is 3.01. The van der Waals surface area contributed by atoms with Crippen LogP contribution < -0.4 is 5.73 Å². The van der Waals surface area contributed by atoms with Crippen LogP contribution in [0.4, 0.5) is 4.39 Å². The van der Waals surface area contributed by atoms with Gasteiger partial charge in [0.15, 0.2) is 0 Å². The van der Waals surface area contributed by atoms with E-state index in [-0.39, 0.29) is 5.82 Å². The predicted octanol–water partition coefficient (Wildman–Crippen LogP) is 2.87. The van der Waals surface area contributed by atoms with Crippen molar-refractivity contribution in [1.82, 2.24) is 9.97 Å². The average Bonchev–Trinajstić information content (AvgIpc) is 2.81. The second-order valence-corrected chi connectivity index (χ2v) is 4.43. The maximum atomic E-state index is 13.8. The van der Waals surface area contributed by atoms with E-state index in [0.717, 1.165) is 22.4 Å². The Morgan fingerprint density at radius 1 is 1.16 bits per heavy atom. The summed E-state index contributed by atoms with van der Waals surface area (Å²) in [7, 11) is 0. The molecule has 19 heavy (non-hydrogen) atoms. The molecule has 0 aliphatic heterocycles. The number of halogens is 1. The number of nitrogens with zero attached hydrogens (tertiary/aromatic N) is 1. The first-order chi connectivity index (χ1) is 9.28. The van der Waals surface area contributed by atoms with Crippen LogP contribution in [0.1, 0.15) is 5.82 Å². The highest BCUT2D eigenvalue weighted by Crippen LogP contribution is 2.25. The topological polar surface area (TPSA) is 54.7 Å². The summed E-state index contributed by atoms with van der Waals surface area (Å²) >= 11 is 0. The monoisotopic (exact) mass is 255 g/mol. The molecular formula is C15H14FN3. The van der Waals surface area contributed by atoms with Crippen LogP contribution in [0.2, 0.25) is 0 Å². The Labute approximate surface area is 110 Å². The second-order valence-electron chi connectivity index (χ2n) is 4.43. The summed E-state index contributed by atoms with van der Waals surface area (Å²) in [6.07, 6.45) is 0.712. The minimum atomic E-state index is -0.219. The molecule has 0 saturated carbocycles. The van der Waals surface area contributed by atoms with E-state index >= 15 is 0 Å². The summed E-state index contributed by atoms with van der Waals surface area (Å²) in [5, 5.41) is 0. The van der Waals surface area contributed by atoms with E-state index in [1.54, 1.807) is 12.1 Å². The van der Waals surface area contributed by atoms with Gasteiger partial charge in [0, 0.05) is 12.0 Å². The lowest BCUT2D eigenvalue weighted by molar-refractivity contribution is 0.631. The van der Waals surface area contributed by atoms with Crippen LogP contribution in [0.5, 0.6) is 0 Å². The highest BCUT2D eigenvalue weighted by atomic mass is 19.1. The molecule has 4 heteroatoms. The lowest BCUT2D eigenvalue weighted by Gasteiger charge is -2.02. The molecule has 1 aromatic heterocycles. The summed E-state index contributed by atoms with van der Waals surface area (Å²) in [5.74, 6) is 0.645. The minimum Gasteiger partial charge on any atom is -0.342 e. The summed E-state index contributed by atoms with van der Waals surface area (Å²) < 4.78 is 13.8. The van der Waals surface area contributed by atoms with Crippen molar-refractivity contribution in [3.63, 3.8) is 0 Å². The molecule has 0 radical (unpaired) electrons. The fourth-order valence-corrected chi connectivity index (χ4v) is 2.18. The maximum absolute atomic E-state index is 13.8. The molecule has 0 fully saturated rings. The molecule has 0 unspecified atom stereocenters. The third-order valence-electron chi connectivity index (χ3n) is 3.10. The van der Waals surface area contributed by atoms with Crippen molar-refractivity contribution in [2.45, 2.75) is 6.42 Å². The molecule has 3 nitrogen and oxygen atoms in total. The number of nitrogens with two attached hydrogens (primary N) is 1.